The van der Waals surface area contributed by atoms with Gasteiger partial charge in [-0.05, 0) is 199 Å². The van der Waals surface area contributed by atoms with Gasteiger partial charge in [0.2, 0.25) is 22.1 Å². The van der Waals surface area contributed by atoms with Crippen LogP contribution >= 0.6 is 66.7 Å². The molecular formula is C101H83BBr2Cl3F9N10O13. The Morgan fingerprint density at radius 2 is 0.777 bits per heavy atom. The molecule has 0 unspecified atom stereocenters. The summed E-state index contributed by atoms with van der Waals surface area (Å²) in [6.07, 6.45) is 3.30. The number of hydrogen-bond acceptors (Lipinski definition) is 19. The SMILES string of the molecule is C/C=C(\C(C)=O)C(=O)c1ncccc1Cl.CC(=O)/C=C/N(C)C.CC(=O)c1cn(Cc2ccccc2-c2ccc(C(F)(F)F)cc2)c2cccnc2c1=O.CC(=O)c1cn(Cc2ccccc2Br)c2cccnc2c1=O.NCc1ccccc1Br.O=C(Cl)c1ncccc1Cl.O=C(O)c1cn(Cc2ccccc2-c2ccc(C(F)(F)F)cc2)c2cccnc2c1=O.OB(O)c1ccc(C(F)(F)F)cc1. The average molecular weight is 2090 g/mol. The first-order valence-electron chi connectivity index (χ1n) is 41.1. The van der Waals surface area contributed by atoms with E-state index in [0.29, 0.717) is 58.4 Å². The summed E-state index contributed by atoms with van der Waals surface area (Å²) in [4.78, 5) is 138. The number of nitrogens with zero attached hydrogens (tertiary/aromatic N) is 9. The number of halogens is 14. The Balaban J connectivity index is 0.000000204. The van der Waals surface area contributed by atoms with Gasteiger partial charge in [-0.2, -0.15) is 39.5 Å². The Hall–Kier alpha value is -14.2. The smallest absolute Gasteiger partial charge is 0.477 e. The topological polar surface area (TPSA) is 340 Å². The van der Waals surface area contributed by atoms with Crippen molar-refractivity contribution in [1.82, 2.24) is 43.5 Å². The highest BCUT2D eigenvalue weighted by atomic mass is 79.9. The molecule has 7 aromatic carbocycles. The number of allylic oxidation sites excluding steroid dienone is 3. The van der Waals surface area contributed by atoms with Gasteiger partial charge in [0.25, 0.3) is 5.24 Å². The zero-order valence-corrected chi connectivity index (χ0v) is 80.0. The van der Waals surface area contributed by atoms with Crippen molar-refractivity contribution >= 4 is 152 Å². The molecule has 0 fully saturated rings. The number of aromatic nitrogens is 8. The van der Waals surface area contributed by atoms with Crippen LogP contribution in [0.3, 0.4) is 0 Å². The van der Waals surface area contributed by atoms with Gasteiger partial charge in [-0.3, -0.25) is 68.1 Å². The lowest BCUT2D eigenvalue weighted by molar-refractivity contribution is -0.138. The summed E-state index contributed by atoms with van der Waals surface area (Å²) in [5.74, 6) is -2.61. The van der Waals surface area contributed by atoms with E-state index in [1.807, 2.05) is 102 Å². The highest BCUT2D eigenvalue weighted by molar-refractivity contribution is 9.10. The monoisotopic (exact) mass is 2090 g/mol. The number of ketones is 5. The van der Waals surface area contributed by atoms with Crippen LogP contribution in [0.4, 0.5) is 39.5 Å². The van der Waals surface area contributed by atoms with Crippen LogP contribution in [0.1, 0.15) is 126 Å². The first-order valence-corrected chi connectivity index (χ1v) is 43.9. The zero-order valence-electron chi connectivity index (χ0n) is 74.5. The fraction of sp³-hybridized carbons (Fsp3) is 0.139. The molecule has 0 bridgehead atoms. The predicted molar refractivity (Wildman–Crippen MR) is 524 cm³/mol. The van der Waals surface area contributed by atoms with Crippen molar-refractivity contribution in [2.45, 2.75) is 79.3 Å². The van der Waals surface area contributed by atoms with E-state index >= 15 is 0 Å². The number of carbonyl (C=O) groups excluding carboxylic acids is 6. The van der Waals surface area contributed by atoms with E-state index in [1.54, 1.807) is 114 Å². The molecule has 23 nitrogen and oxygen atoms in total. The number of hydrogen-bond donors (Lipinski definition) is 4. The fourth-order valence-electron chi connectivity index (χ4n) is 12.9. The zero-order chi connectivity index (χ0) is 102. The number of aromatic carboxylic acids is 1. The van der Waals surface area contributed by atoms with E-state index in [1.165, 1.54) is 101 Å². The average Bonchev–Trinajstić information content (AvgIpc) is 0.783. The number of fused-ring (bicyclic) bond motifs is 3. The molecule has 38 heteroatoms. The van der Waals surface area contributed by atoms with Crippen LogP contribution in [-0.2, 0) is 54.3 Å². The molecule has 0 atom stereocenters. The number of benzene rings is 7. The molecule has 0 aliphatic rings. The fourth-order valence-corrected chi connectivity index (χ4v) is 14.4. The minimum Gasteiger partial charge on any atom is -0.477 e. The molecule has 5 N–H and O–H groups in total. The Labute approximate surface area is 820 Å². The molecule has 0 spiro atoms. The van der Waals surface area contributed by atoms with Crippen molar-refractivity contribution in [2.24, 2.45) is 5.73 Å². The van der Waals surface area contributed by atoms with E-state index in [2.05, 4.69) is 56.8 Å². The van der Waals surface area contributed by atoms with Crippen LogP contribution in [0, 0.1) is 0 Å². The maximum absolute atomic E-state index is 12.9. The third-order valence-electron chi connectivity index (χ3n) is 19.7. The molecule has 0 radical (unpaired) electrons. The number of pyridine rings is 8. The van der Waals surface area contributed by atoms with Crippen LogP contribution in [-0.4, -0.2) is 120 Å². The van der Waals surface area contributed by atoms with Crippen LogP contribution in [0.15, 0.2) is 327 Å². The molecule has 8 aromatic heterocycles. The quantitative estimate of drug-likeness (QED) is 0.0111. The molecule has 0 amide bonds. The molecular weight excluding hydrogens is 2010 g/mol. The van der Waals surface area contributed by atoms with Gasteiger partial charge < -0.3 is 39.5 Å². The second-order valence-electron chi connectivity index (χ2n) is 29.8. The lowest BCUT2D eigenvalue weighted by Crippen LogP contribution is -2.29. The molecule has 8 heterocycles. The van der Waals surface area contributed by atoms with E-state index in [4.69, 9.17) is 50.6 Å². The van der Waals surface area contributed by atoms with E-state index in [0.717, 1.165) is 85.3 Å². The first kappa shape index (κ1) is 110. The molecule has 139 heavy (non-hydrogen) atoms. The van der Waals surface area contributed by atoms with Gasteiger partial charge in [-0.1, -0.05) is 195 Å². The normalized spacial score (nSPS) is 11.0. The highest BCUT2D eigenvalue weighted by Gasteiger charge is 2.33. The third kappa shape index (κ3) is 31.4. The van der Waals surface area contributed by atoms with Crippen LogP contribution < -0.4 is 27.5 Å². The van der Waals surface area contributed by atoms with Crippen LogP contribution in [0.2, 0.25) is 10.0 Å². The summed E-state index contributed by atoms with van der Waals surface area (Å²) in [5.41, 5.74) is 10.7. The summed E-state index contributed by atoms with van der Waals surface area (Å²) >= 11 is 23.4. The second-order valence-corrected chi connectivity index (χ2v) is 32.7. The summed E-state index contributed by atoms with van der Waals surface area (Å²) in [7, 11) is 2.01. The first-order chi connectivity index (χ1) is 65.7. The van der Waals surface area contributed by atoms with Gasteiger partial charge in [0.1, 0.15) is 33.5 Å². The van der Waals surface area contributed by atoms with Gasteiger partial charge in [0, 0.05) is 105 Å². The van der Waals surface area contributed by atoms with E-state index in [9.17, 15) is 92.6 Å². The number of carboxylic acid groups (broad SMARTS) is 1. The summed E-state index contributed by atoms with van der Waals surface area (Å²) in [6, 6.07) is 60.5. The number of nitrogens with two attached hydrogens (primary N) is 1. The largest absolute Gasteiger partial charge is 0.488 e. The number of carboxylic acids is 1. The molecule has 0 aliphatic heterocycles. The van der Waals surface area contributed by atoms with E-state index in [-0.39, 0.29) is 89.7 Å². The van der Waals surface area contributed by atoms with Gasteiger partial charge in [0.05, 0.1) is 60.0 Å². The minimum atomic E-state index is -4.42. The number of rotatable bonds is 19. The Kier molecular flexibility index (Phi) is 40.7. The Bertz CT molecular complexity index is 7000. The number of alkyl halides is 9. The maximum Gasteiger partial charge on any atom is 0.488 e. The highest BCUT2D eigenvalue weighted by Crippen LogP contribution is 2.36. The van der Waals surface area contributed by atoms with Crippen molar-refractivity contribution in [3.05, 3.63) is 421 Å². The molecule has 15 aromatic rings. The van der Waals surface area contributed by atoms with Crippen molar-refractivity contribution in [1.29, 1.82) is 0 Å². The van der Waals surface area contributed by atoms with Crippen molar-refractivity contribution in [3.63, 3.8) is 0 Å². The van der Waals surface area contributed by atoms with Gasteiger partial charge >= 0.3 is 31.6 Å². The standard InChI is InChI=1S/C24H17F3N2O2.C23H15F3N2O3.C17H13BrN2O2.C11H10ClNO2.C7H6BF3O2.C7H8BrN.C6H3Cl2NO.C6H11NO/c1-15(30)20-14-29(21-7-4-12-28-22(21)23(20)31)13-17-5-2-3-6-19(17)16-8-10-18(11-9-16)24(25,26)27;24-23(25,26)16-9-7-14(8-10-16)17-5-2-1-4-15(17)12-28-13-18(22(30)31)21(29)20-19(28)6-3-11-27-20;1-11(21)13-10-20(9-12-5-2-3-6-14(12)18)15-7-4-8-19-16(15)17(13)22;1-3-8(7(2)14)11(15)10-9(12)5-4-6-13-10;9-7(10,11)5-1-3-6(4-2-5)8(12)13;8-7-4-2-1-3-6(7)5-9;7-4-2-1-3-9-5(4)6(8)10;1-6(8)4-5-7(2)3/h2-12,14H,13H2,1H3;1-11,13H,12H2,(H,30,31);2-8,10H,9H2,1H3;3-6H,1-2H3;1-4,12-13H;1-4H,5,9H2;1-3H;4-5H,1-3H3/b;;;8-3+;;;;5-4+. The van der Waals surface area contributed by atoms with Crippen molar-refractivity contribution in [3.8, 4) is 22.3 Å². The Morgan fingerprint density at radius 1 is 0.446 bits per heavy atom. The maximum atomic E-state index is 12.9. The van der Waals surface area contributed by atoms with Gasteiger partial charge in [-0.25, -0.2) is 4.79 Å². The van der Waals surface area contributed by atoms with Crippen LogP contribution in [0.5, 0.6) is 0 Å². The molecule has 15 rings (SSSR count). The molecule has 0 aliphatic carbocycles. The lowest BCUT2D eigenvalue weighted by atomic mass is 9.80. The second kappa shape index (κ2) is 51.3. The van der Waals surface area contributed by atoms with Crippen molar-refractivity contribution < 1.29 is 88.2 Å². The molecule has 0 saturated heterocycles. The number of carbonyl (C=O) groups is 7. The predicted octanol–water partition coefficient (Wildman–Crippen LogP) is 21.1. The molecule has 0 saturated carbocycles. The van der Waals surface area contributed by atoms with E-state index < -0.39 is 75.8 Å². The molecule has 716 valence electrons. The third-order valence-corrected chi connectivity index (χ3v) is 22.1. The van der Waals surface area contributed by atoms with Crippen LogP contribution in [0.25, 0.3) is 55.4 Å². The summed E-state index contributed by atoms with van der Waals surface area (Å²) < 4.78 is 121. The summed E-state index contributed by atoms with van der Waals surface area (Å²) in [6.45, 7) is 8.86. The summed E-state index contributed by atoms with van der Waals surface area (Å²) in [5, 5.41) is 26.5. The van der Waals surface area contributed by atoms with Gasteiger partial charge in [0.15, 0.2) is 23.1 Å². The lowest BCUT2D eigenvalue weighted by Gasteiger charge is -2.16. The van der Waals surface area contributed by atoms with Crippen molar-refractivity contribution in [2.75, 3.05) is 14.1 Å². The van der Waals surface area contributed by atoms with Gasteiger partial charge in [-0.15, -0.1) is 0 Å². The Morgan fingerprint density at radius 3 is 1.08 bits per heavy atom. The minimum absolute atomic E-state index is 0.0352. The number of Topliss-reactive ketones (excluding diaryl/α,β-unsaturated/α-hetero) is 4.